The van der Waals surface area contributed by atoms with E-state index in [2.05, 4.69) is 69.2 Å². The molecule has 0 saturated heterocycles. The third-order valence-corrected chi connectivity index (χ3v) is 23.3. The molecule has 4 rings (SSSR count). The number of carbonyl (C=O) groups is 10. The van der Waals surface area contributed by atoms with Gasteiger partial charge in [-0.2, -0.15) is 0 Å². The number of rotatable bonds is 54. The zero-order chi connectivity index (χ0) is 98.1. The Kier molecular flexibility index (Phi) is 68.7. The van der Waals surface area contributed by atoms with Gasteiger partial charge in [-0.05, 0) is 189 Å². The van der Waals surface area contributed by atoms with E-state index in [1.54, 1.807) is 27.7 Å². The summed E-state index contributed by atoms with van der Waals surface area (Å²) in [5, 5.41) is 0. The van der Waals surface area contributed by atoms with Gasteiger partial charge in [-0.15, -0.1) is 0 Å². The minimum Gasteiger partial charge on any atom is -0.463 e. The molecule has 0 N–H and O–H groups in total. The predicted molar refractivity (Wildman–Crippen MR) is 524 cm³/mol. The first kappa shape index (κ1) is 122. The van der Waals surface area contributed by atoms with Crippen molar-refractivity contribution >= 4 is 59.7 Å². The van der Waals surface area contributed by atoms with Crippen molar-refractivity contribution in [1.82, 2.24) is 0 Å². The number of unbranched alkanes of at least 4 members (excludes halogenated alkanes) is 2. The molecule has 0 heterocycles. The highest BCUT2D eigenvalue weighted by atomic mass is 16.6. The van der Waals surface area contributed by atoms with Crippen LogP contribution in [0.3, 0.4) is 0 Å². The topological polar surface area (TPSA) is 263 Å². The van der Waals surface area contributed by atoms with Crippen molar-refractivity contribution in [1.29, 1.82) is 0 Å². The average Bonchev–Trinajstić information content (AvgIpc) is 0.822. The molecule has 6 atom stereocenters. The lowest BCUT2D eigenvalue weighted by Gasteiger charge is -2.26. The van der Waals surface area contributed by atoms with Crippen LogP contribution in [0.15, 0.2) is 116 Å². The van der Waals surface area contributed by atoms with Gasteiger partial charge in [0.2, 0.25) is 0 Å². The maximum atomic E-state index is 13.0. The molecule has 20 heteroatoms. The SMILES string of the molecule is CC(C)COC(=O)/C(Cc1ccccc1)=C(/Cc1ccccc1)C(=O)OCC(C)C.CCCC(C)/C(C(=O)OCC)=C(/C(=O)OCC)C(C)CCC.CCCCC(CC)C/C(C(=O)OCC)=C(\CC(CC)CCCC)C(=O)OCC.CCOC(=O)/C(=C(\C(=O)OCC)C(C)CC(C)C)C(C)CC(C)C.CCOC(=O)/C(CC1CCCCC1)=C(/CC1CCCCC1)C(=O)OCC. The van der Waals surface area contributed by atoms with E-state index in [0.29, 0.717) is 196 Å². The van der Waals surface area contributed by atoms with Crippen molar-refractivity contribution in [3.05, 3.63) is 128 Å². The molecule has 6 unspecified atom stereocenters. The zero-order valence-corrected chi connectivity index (χ0v) is 86.2. The first-order valence-corrected chi connectivity index (χ1v) is 50.5. The largest absolute Gasteiger partial charge is 0.463 e. The Balaban J connectivity index is 0.00000161. The fourth-order valence-electron chi connectivity index (χ4n) is 16.8. The highest BCUT2D eigenvalue weighted by Crippen LogP contribution is 2.38. The normalized spacial score (nSPS) is 15.2. The fraction of sp³-hybridized carbons (Fsp3) is 0.709. The molecule has 2 aliphatic carbocycles. The Morgan fingerprint density at radius 1 is 0.277 bits per heavy atom. The van der Waals surface area contributed by atoms with Crippen LogP contribution in [0.1, 0.15) is 371 Å². The minimum atomic E-state index is -0.458. The van der Waals surface area contributed by atoms with E-state index in [4.69, 9.17) is 47.4 Å². The summed E-state index contributed by atoms with van der Waals surface area (Å²) in [5.74, 6) is -0.849. The Hall–Kier alpha value is -8.16. The van der Waals surface area contributed by atoms with Gasteiger partial charge in [-0.3, -0.25) is 0 Å². The third kappa shape index (κ3) is 50.1. The van der Waals surface area contributed by atoms with Gasteiger partial charge in [0.25, 0.3) is 0 Å². The summed E-state index contributed by atoms with van der Waals surface area (Å²) in [6.07, 6.45) is 29.1. The number of benzene rings is 2. The predicted octanol–water partition coefficient (Wildman–Crippen LogP) is 26.2. The molecular weight excluding hydrogens is 1640 g/mol. The molecule has 0 spiro atoms. The average molecular weight is 1820 g/mol. The molecule has 2 aliphatic rings. The summed E-state index contributed by atoms with van der Waals surface area (Å²) in [5.41, 5.74) is 6.91. The molecule has 0 aromatic heterocycles. The van der Waals surface area contributed by atoms with Crippen LogP contribution in [0.25, 0.3) is 0 Å². The van der Waals surface area contributed by atoms with E-state index in [1.807, 2.05) is 144 Å². The molecule has 0 bridgehead atoms. The second kappa shape index (κ2) is 73.3. The lowest BCUT2D eigenvalue weighted by molar-refractivity contribution is -0.143. The molecular formula is C110H180O20. The fourth-order valence-corrected chi connectivity index (χ4v) is 16.8. The van der Waals surface area contributed by atoms with Crippen LogP contribution in [0, 0.1) is 71.0 Å². The van der Waals surface area contributed by atoms with Gasteiger partial charge in [-0.1, -0.05) is 314 Å². The molecule has 0 aliphatic heterocycles. The summed E-state index contributed by atoms with van der Waals surface area (Å²) >= 11 is 0. The van der Waals surface area contributed by atoms with Crippen molar-refractivity contribution in [3.63, 3.8) is 0 Å². The molecule has 2 aromatic rings. The molecule has 0 radical (unpaired) electrons. The van der Waals surface area contributed by atoms with Crippen molar-refractivity contribution in [3.8, 4) is 0 Å². The third-order valence-electron chi connectivity index (χ3n) is 23.3. The smallest absolute Gasteiger partial charge is 0.334 e. The van der Waals surface area contributed by atoms with Crippen LogP contribution in [0.5, 0.6) is 0 Å². The van der Waals surface area contributed by atoms with Crippen molar-refractivity contribution < 1.29 is 95.3 Å². The van der Waals surface area contributed by atoms with Gasteiger partial charge in [0.1, 0.15) is 0 Å². The minimum absolute atomic E-state index is 0.0113. The summed E-state index contributed by atoms with van der Waals surface area (Å²) in [7, 11) is 0. The van der Waals surface area contributed by atoms with Crippen molar-refractivity contribution in [2.45, 2.75) is 373 Å². The van der Waals surface area contributed by atoms with E-state index in [0.717, 1.165) is 127 Å². The second-order valence-electron chi connectivity index (χ2n) is 36.7. The van der Waals surface area contributed by atoms with E-state index < -0.39 is 11.9 Å². The molecule has 20 nitrogen and oxygen atoms in total. The van der Waals surface area contributed by atoms with Gasteiger partial charge >= 0.3 is 59.7 Å². The van der Waals surface area contributed by atoms with Crippen LogP contribution < -0.4 is 0 Å². The quantitative estimate of drug-likeness (QED) is 0.0338. The number of esters is 10. The summed E-state index contributed by atoms with van der Waals surface area (Å²) in [4.78, 5) is 127. The Morgan fingerprint density at radius 3 is 0.769 bits per heavy atom. The molecule has 2 aromatic carbocycles. The van der Waals surface area contributed by atoms with Crippen LogP contribution in [-0.2, 0) is 108 Å². The van der Waals surface area contributed by atoms with Crippen molar-refractivity contribution in [2.75, 3.05) is 66.1 Å². The van der Waals surface area contributed by atoms with Crippen molar-refractivity contribution in [2.24, 2.45) is 71.0 Å². The van der Waals surface area contributed by atoms with Gasteiger partial charge in [0.05, 0.1) is 99.5 Å². The maximum absolute atomic E-state index is 13.0. The number of ether oxygens (including phenoxy) is 10. The summed E-state index contributed by atoms with van der Waals surface area (Å²) in [6.45, 7) is 54.6. The second-order valence-corrected chi connectivity index (χ2v) is 36.7. The van der Waals surface area contributed by atoms with Crippen LogP contribution in [0.4, 0.5) is 0 Å². The van der Waals surface area contributed by atoms with Gasteiger partial charge in [0, 0.05) is 35.1 Å². The highest BCUT2D eigenvalue weighted by molar-refractivity contribution is 6.04. The number of hydrogen-bond acceptors (Lipinski definition) is 20. The van der Waals surface area contributed by atoms with E-state index >= 15 is 0 Å². The van der Waals surface area contributed by atoms with Gasteiger partial charge < -0.3 is 47.4 Å². The Morgan fingerprint density at radius 2 is 0.531 bits per heavy atom. The zero-order valence-electron chi connectivity index (χ0n) is 86.2. The Bertz CT molecular complexity index is 3460. The molecule has 0 amide bonds. The monoisotopic (exact) mass is 1820 g/mol. The van der Waals surface area contributed by atoms with Crippen LogP contribution in [0.2, 0.25) is 0 Å². The maximum Gasteiger partial charge on any atom is 0.334 e. The standard InChI is InChI=1S/C26H32O4.C24H44O4.C22H36O4.C20H36O4.C18H32O4/c1-19(2)17-29-25(27)23(15-21-11-7-5-8-12-21)24(26(28)30-18-20(3)4)16-22-13-9-6-10-14-22;1-7-13-15-19(9-3)17-21(23(25)27-11-5)22(24(26)28-12-6)18-20(10-4)16-14-8-2;1-3-25-21(23)19(15-17-11-7-5-8-12-17)20(22(24)26-4-2)16-18-13-9-6-10-14-18;1-9-23-19(21)17(15(7)11-13(3)4)18(20(22)24-10-2)16(8)12-14(5)6;1-7-11-13(5)15(17(19)21-9-3)16(14(6)12-8-2)18(20)22-10-4/h5-14,19-20H,15-18H2,1-4H3;19-20H,7-18H2,1-6H3;17-18H,3-16H2,1-2H3;13-16H,9-12H2,1-8H3;13-14H,7-12H2,1-6H3/b24-23-;22-21-;20-19-;18-17-;16-15-. The van der Waals surface area contributed by atoms with Gasteiger partial charge in [0.15, 0.2) is 0 Å². The molecule has 130 heavy (non-hydrogen) atoms. The van der Waals surface area contributed by atoms with Gasteiger partial charge in [-0.25, -0.2) is 47.9 Å². The van der Waals surface area contributed by atoms with E-state index in [1.165, 1.54) is 38.5 Å². The summed E-state index contributed by atoms with van der Waals surface area (Å²) in [6, 6.07) is 19.3. The molecule has 2 saturated carbocycles. The molecule has 740 valence electrons. The lowest BCUT2D eigenvalue weighted by atomic mass is 9.80. The highest BCUT2D eigenvalue weighted by Gasteiger charge is 2.36. The number of carbonyl (C=O) groups excluding carboxylic acids is 10. The van der Waals surface area contributed by atoms with E-state index in [9.17, 15) is 47.9 Å². The first-order chi connectivity index (χ1) is 62.1. The Labute approximate surface area is 788 Å². The summed E-state index contributed by atoms with van der Waals surface area (Å²) < 4.78 is 53.4. The number of hydrogen-bond donors (Lipinski definition) is 0. The van der Waals surface area contributed by atoms with E-state index in [-0.39, 0.29) is 83.3 Å². The molecule has 2 fully saturated rings. The van der Waals surface area contributed by atoms with Crippen LogP contribution >= 0.6 is 0 Å². The van der Waals surface area contributed by atoms with Crippen LogP contribution in [-0.4, -0.2) is 126 Å². The lowest BCUT2D eigenvalue weighted by Crippen LogP contribution is -2.25. The first-order valence-electron chi connectivity index (χ1n) is 50.5.